The second-order valence-electron chi connectivity index (χ2n) is 11.9. The highest BCUT2D eigenvalue weighted by Crippen LogP contribution is 2.33. The van der Waals surface area contributed by atoms with Gasteiger partial charge in [-0.1, -0.05) is 18.2 Å². The van der Waals surface area contributed by atoms with Crippen LogP contribution in [0.25, 0.3) is 22.8 Å². The van der Waals surface area contributed by atoms with Gasteiger partial charge in [-0.2, -0.15) is 13.2 Å². The molecule has 2 N–H and O–H groups in total. The highest BCUT2D eigenvalue weighted by atomic mass is 19.4. The molecule has 15 nitrogen and oxygen atoms in total. The molecule has 4 heterocycles. The maximum Gasteiger partial charge on any atom is 0.416 e. The molecule has 288 valence electrons. The molecule has 2 amide bonds. The molecule has 0 aliphatic carbocycles. The summed E-state index contributed by atoms with van der Waals surface area (Å²) in [5, 5.41) is 5.44. The molecule has 0 saturated heterocycles. The van der Waals surface area contributed by atoms with Crippen molar-refractivity contribution < 1.29 is 27.5 Å². The van der Waals surface area contributed by atoms with E-state index in [0.717, 1.165) is 18.2 Å². The van der Waals surface area contributed by atoms with Crippen molar-refractivity contribution in [3.8, 4) is 28.5 Å². The van der Waals surface area contributed by atoms with E-state index in [-0.39, 0.29) is 41.3 Å². The summed E-state index contributed by atoms with van der Waals surface area (Å²) in [5.74, 6) is 0.0268. The van der Waals surface area contributed by atoms with E-state index >= 15 is 0 Å². The Labute approximate surface area is 317 Å². The number of benzene rings is 2. The molecule has 0 aliphatic rings. The first-order chi connectivity index (χ1) is 26.8. The van der Waals surface area contributed by atoms with Crippen LogP contribution in [0.15, 0.2) is 107 Å². The zero-order chi connectivity index (χ0) is 40.2. The molecule has 2 aromatic carbocycles. The van der Waals surface area contributed by atoms with Gasteiger partial charge in [0.2, 0.25) is 0 Å². The fraction of sp³-hybridized carbons (Fsp3) is 0.211. The molecule has 0 aliphatic heterocycles. The molecule has 18 heteroatoms. The van der Waals surface area contributed by atoms with E-state index in [1.807, 2.05) is 18.2 Å². The Balaban J connectivity index is 0.000000219. The number of halogens is 3. The Morgan fingerprint density at radius 1 is 0.696 bits per heavy atom. The van der Waals surface area contributed by atoms with Gasteiger partial charge in [-0.05, 0) is 42.5 Å². The Morgan fingerprint density at radius 2 is 1.21 bits per heavy atom. The van der Waals surface area contributed by atoms with Gasteiger partial charge >= 0.3 is 6.18 Å². The highest BCUT2D eigenvalue weighted by Gasteiger charge is 2.32. The van der Waals surface area contributed by atoms with Gasteiger partial charge < -0.3 is 15.4 Å². The van der Waals surface area contributed by atoms with E-state index in [0.29, 0.717) is 53.0 Å². The number of aromatic nitrogens is 8. The third-order valence-electron chi connectivity index (χ3n) is 8.22. The van der Waals surface area contributed by atoms with Crippen LogP contribution >= 0.6 is 0 Å². The Kier molecular flexibility index (Phi) is 13.1. The fourth-order valence-corrected chi connectivity index (χ4v) is 5.19. The zero-order valence-electron chi connectivity index (χ0n) is 30.3. The summed E-state index contributed by atoms with van der Waals surface area (Å²) >= 11 is 0. The van der Waals surface area contributed by atoms with Crippen LogP contribution in [0.2, 0.25) is 0 Å². The molecule has 4 aromatic heterocycles. The third kappa shape index (κ3) is 10.3. The van der Waals surface area contributed by atoms with Gasteiger partial charge in [-0.3, -0.25) is 28.3 Å². The van der Waals surface area contributed by atoms with Gasteiger partial charge in [-0.15, -0.1) is 0 Å². The molecular weight excluding hydrogens is 733 g/mol. The molecule has 0 atom stereocenters. The van der Waals surface area contributed by atoms with Crippen molar-refractivity contribution in [3.05, 3.63) is 147 Å². The number of carbonyl (C=O) groups excluding carboxylic acids is 2. The van der Waals surface area contributed by atoms with Gasteiger partial charge in [0, 0.05) is 70.1 Å². The van der Waals surface area contributed by atoms with Crippen LogP contribution in [0.4, 0.5) is 13.2 Å². The normalized spacial score (nSPS) is 10.9. The Bertz CT molecular complexity index is 2410. The number of nitrogens with zero attached hydrogens (tertiary/aromatic N) is 8. The van der Waals surface area contributed by atoms with E-state index < -0.39 is 17.6 Å². The average Bonchev–Trinajstić information content (AvgIpc) is 3.21. The predicted octanol–water partition coefficient (Wildman–Crippen LogP) is 3.45. The fourth-order valence-electron chi connectivity index (χ4n) is 5.19. The first-order valence-corrected chi connectivity index (χ1v) is 16.9. The van der Waals surface area contributed by atoms with Crippen molar-refractivity contribution in [1.29, 1.82) is 0 Å². The summed E-state index contributed by atoms with van der Waals surface area (Å²) in [6.07, 6.45) is 1.97. The number of rotatable bonds is 11. The van der Waals surface area contributed by atoms with Crippen LogP contribution in [0.3, 0.4) is 0 Å². The van der Waals surface area contributed by atoms with Crippen LogP contribution in [-0.2, 0) is 33.1 Å². The van der Waals surface area contributed by atoms with Gasteiger partial charge in [0.15, 0.2) is 0 Å². The van der Waals surface area contributed by atoms with Crippen molar-refractivity contribution in [3.63, 3.8) is 0 Å². The maximum absolute atomic E-state index is 12.9. The number of carbonyl (C=O) groups is 2. The monoisotopic (exact) mass is 768 g/mol. The lowest BCUT2D eigenvalue weighted by atomic mass is 10.1. The van der Waals surface area contributed by atoms with Crippen LogP contribution in [0.1, 0.15) is 37.9 Å². The smallest absolute Gasteiger partial charge is 0.416 e. The van der Waals surface area contributed by atoms with E-state index in [1.54, 1.807) is 44.6 Å². The van der Waals surface area contributed by atoms with Crippen molar-refractivity contribution in [2.45, 2.75) is 19.0 Å². The van der Waals surface area contributed by atoms with Crippen LogP contribution in [0, 0.1) is 0 Å². The van der Waals surface area contributed by atoms with Crippen LogP contribution < -0.4 is 26.5 Å². The van der Waals surface area contributed by atoms with Crippen LogP contribution in [-0.4, -0.2) is 71.1 Å². The second kappa shape index (κ2) is 18.3. The van der Waals surface area contributed by atoms with Gasteiger partial charge in [-0.25, -0.2) is 29.9 Å². The predicted molar refractivity (Wildman–Crippen MR) is 198 cm³/mol. The van der Waals surface area contributed by atoms with E-state index in [2.05, 4.69) is 40.5 Å². The standard InChI is InChI=1S/C20H18F3N5O3.C18H17N5O2/c1-28-17(27-15(10-18(28)29)14-5-7-24-11-26-14)6-8-25-19(30)13-4-3-12(20(21,22)23)9-16(13)31-2;1-23-16(8-10-20-18(25)13-5-3-2-4-6-13)22-15(11-17(23)24)14-7-9-19-12-21-14/h3-5,7,9-11H,6,8H2,1-2H3,(H,25,30);2-7,9,11-12H,8,10H2,1H3,(H,20,25). The van der Waals surface area contributed by atoms with Gasteiger partial charge in [0.05, 0.1) is 41.0 Å². The summed E-state index contributed by atoms with van der Waals surface area (Å²) in [6, 6.07) is 17.7. The average molecular weight is 769 g/mol. The summed E-state index contributed by atoms with van der Waals surface area (Å²) in [6.45, 7) is 0.470. The Hall–Kier alpha value is -7.11. The molecule has 0 unspecified atom stereocenters. The minimum absolute atomic E-state index is 0.0351. The SMILES string of the molecule is COc1cc(C(F)(F)F)ccc1C(=O)NCCc1nc(-c2ccncn2)cc(=O)n1C.Cn1c(CCNC(=O)c2ccccc2)nc(-c2ccncn2)cc1=O. The lowest BCUT2D eigenvalue weighted by molar-refractivity contribution is -0.137. The summed E-state index contributed by atoms with van der Waals surface area (Å²) in [5.41, 5.74) is 1.11. The molecule has 0 saturated carbocycles. The quantitative estimate of drug-likeness (QED) is 0.197. The number of ether oxygens (including phenoxy) is 1. The minimum Gasteiger partial charge on any atom is -0.496 e. The minimum atomic E-state index is -4.55. The second-order valence-corrected chi connectivity index (χ2v) is 11.9. The lowest BCUT2D eigenvalue weighted by Crippen LogP contribution is -2.29. The topological polar surface area (TPSA) is 189 Å². The number of alkyl halides is 3. The molecular formula is C38H35F3N10O5. The summed E-state index contributed by atoms with van der Waals surface area (Å²) in [7, 11) is 4.40. The highest BCUT2D eigenvalue weighted by molar-refractivity contribution is 5.97. The van der Waals surface area contributed by atoms with Crippen molar-refractivity contribution in [1.82, 2.24) is 49.7 Å². The van der Waals surface area contributed by atoms with Gasteiger partial charge in [0.1, 0.15) is 30.1 Å². The van der Waals surface area contributed by atoms with Crippen molar-refractivity contribution in [2.75, 3.05) is 20.2 Å². The first-order valence-electron chi connectivity index (χ1n) is 16.9. The molecule has 0 bridgehead atoms. The van der Waals surface area contributed by atoms with Crippen LogP contribution in [0.5, 0.6) is 5.75 Å². The summed E-state index contributed by atoms with van der Waals surface area (Å²) in [4.78, 5) is 73.7. The van der Waals surface area contributed by atoms with E-state index in [1.165, 1.54) is 47.2 Å². The number of hydrogen-bond acceptors (Lipinski definition) is 11. The van der Waals surface area contributed by atoms with Crippen molar-refractivity contribution in [2.24, 2.45) is 14.1 Å². The molecule has 0 spiro atoms. The lowest BCUT2D eigenvalue weighted by Gasteiger charge is -2.13. The molecule has 6 aromatic rings. The number of methoxy groups -OCH3 is 1. The maximum atomic E-state index is 12.9. The van der Waals surface area contributed by atoms with Crippen molar-refractivity contribution >= 4 is 11.8 Å². The van der Waals surface area contributed by atoms with Gasteiger partial charge in [0.25, 0.3) is 22.9 Å². The first kappa shape index (κ1) is 40.1. The Morgan fingerprint density at radius 3 is 1.68 bits per heavy atom. The molecule has 0 fully saturated rings. The number of hydrogen-bond donors (Lipinski definition) is 2. The van der Waals surface area contributed by atoms with E-state index in [9.17, 15) is 32.3 Å². The third-order valence-corrected chi connectivity index (χ3v) is 8.22. The van der Waals surface area contributed by atoms with E-state index in [4.69, 9.17) is 4.74 Å². The number of nitrogens with one attached hydrogen (secondary N) is 2. The molecule has 0 radical (unpaired) electrons. The zero-order valence-corrected chi connectivity index (χ0v) is 30.3. The molecule has 56 heavy (non-hydrogen) atoms. The number of amides is 2. The summed E-state index contributed by atoms with van der Waals surface area (Å²) < 4.78 is 46.3. The largest absolute Gasteiger partial charge is 0.496 e. The molecule has 6 rings (SSSR count).